The number of hydrogen-bond acceptors (Lipinski definition) is 3. The number of nitrogens with zero attached hydrogens (tertiary/aromatic N) is 1. The molecule has 0 amide bonds. The van der Waals surface area contributed by atoms with E-state index >= 15 is 0 Å². The molecule has 3 heteroatoms. The molecular weight excluding hydrogens is 248 g/mol. The maximum atomic E-state index is 6.24. The lowest BCUT2D eigenvalue weighted by atomic mass is 9.61. The van der Waals surface area contributed by atoms with E-state index in [9.17, 15) is 0 Å². The molecule has 1 aliphatic rings. The van der Waals surface area contributed by atoms with Crippen molar-refractivity contribution in [1.82, 2.24) is 4.98 Å². The zero-order valence-corrected chi connectivity index (χ0v) is 12.8. The van der Waals surface area contributed by atoms with Gasteiger partial charge in [-0.2, -0.15) is 0 Å². The van der Waals surface area contributed by atoms with Gasteiger partial charge >= 0.3 is 0 Å². The van der Waals surface area contributed by atoms with E-state index < -0.39 is 0 Å². The number of hydrogen-bond donors (Lipinski definition) is 1. The maximum absolute atomic E-state index is 6.24. The summed E-state index contributed by atoms with van der Waals surface area (Å²) in [6.07, 6.45) is 2.11. The number of rotatable bonds is 1. The lowest BCUT2D eigenvalue weighted by Crippen LogP contribution is -2.45. The Morgan fingerprint density at radius 3 is 2.80 bits per heavy atom. The van der Waals surface area contributed by atoms with Gasteiger partial charge in [0, 0.05) is 12.0 Å². The summed E-state index contributed by atoms with van der Waals surface area (Å²) in [5.41, 5.74) is 9.43. The number of fused-ring (bicyclic) bond motifs is 1. The fourth-order valence-corrected chi connectivity index (χ4v) is 3.49. The lowest BCUT2D eigenvalue weighted by molar-refractivity contribution is 0.0855. The van der Waals surface area contributed by atoms with Gasteiger partial charge in [0.2, 0.25) is 0 Å². The highest BCUT2D eigenvalue weighted by Crippen LogP contribution is 2.49. The molecule has 1 saturated carbocycles. The van der Waals surface area contributed by atoms with Gasteiger partial charge in [0.1, 0.15) is 5.52 Å². The van der Waals surface area contributed by atoms with Gasteiger partial charge in [-0.3, -0.25) is 0 Å². The van der Waals surface area contributed by atoms with Crippen molar-refractivity contribution in [3.8, 4) is 0 Å². The lowest BCUT2D eigenvalue weighted by Gasteiger charge is -2.45. The van der Waals surface area contributed by atoms with Crippen molar-refractivity contribution in [3.05, 3.63) is 29.7 Å². The fourth-order valence-electron chi connectivity index (χ4n) is 3.49. The molecule has 1 aromatic carbocycles. The smallest absolute Gasteiger partial charge is 0.199 e. The second kappa shape index (κ2) is 4.59. The molecule has 0 spiro atoms. The molecule has 108 valence electrons. The SMILES string of the molecule is Cc1ccc2nc(C3CCC(N)C(C)C3(C)C)oc2c1. The van der Waals surface area contributed by atoms with Crippen molar-refractivity contribution < 1.29 is 4.42 Å². The van der Waals surface area contributed by atoms with E-state index in [0.29, 0.717) is 11.8 Å². The molecule has 2 aromatic rings. The summed E-state index contributed by atoms with van der Waals surface area (Å²) < 4.78 is 6.06. The van der Waals surface area contributed by atoms with Gasteiger partial charge in [-0.15, -0.1) is 0 Å². The molecule has 0 saturated heterocycles. The quantitative estimate of drug-likeness (QED) is 0.853. The number of oxazole rings is 1. The summed E-state index contributed by atoms with van der Waals surface area (Å²) in [5.74, 6) is 1.71. The zero-order chi connectivity index (χ0) is 14.5. The van der Waals surface area contributed by atoms with E-state index in [-0.39, 0.29) is 11.5 Å². The zero-order valence-electron chi connectivity index (χ0n) is 12.8. The van der Waals surface area contributed by atoms with Crippen LogP contribution < -0.4 is 5.73 Å². The van der Waals surface area contributed by atoms with E-state index in [1.807, 2.05) is 6.07 Å². The molecule has 3 nitrogen and oxygen atoms in total. The molecule has 1 heterocycles. The molecule has 3 unspecified atom stereocenters. The average Bonchev–Trinajstić information content (AvgIpc) is 2.78. The molecule has 3 atom stereocenters. The number of aryl methyl sites for hydroxylation is 1. The van der Waals surface area contributed by atoms with Crippen LogP contribution in [-0.4, -0.2) is 11.0 Å². The number of aromatic nitrogens is 1. The fraction of sp³-hybridized carbons (Fsp3) is 0.588. The van der Waals surface area contributed by atoms with Crippen LogP contribution in [0.5, 0.6) is 0 Å². The van der Waals surface area contributed by atoms with Crippen molar-refractivity contribution in [3.63, 3.8) is 0 Å². The molecule has 1 fully saturated rings. The Labute approximate surface area is 120 Å². The highest BCUT2D eigenvalue weighted by molar-refractivity contribution is 5.73. The molecular formula is C17H24N2O. The van der Waals surface area contributed by atoms with Crippen LogP contribution in [0.15, 0.2) is 22.6 Å². The van der Waals surface area contributed by atoms with Crippen LogP contribution in [0.4, 0.5) is 0 Å². The highest BCUT2D eigenvalue weighted by Gasteiger charge is 2.44. The van der Waals surface area contributed by atoms with Crippen molar-refractivity contribution in [2.45, 2.75) is 52.5 Å². The van der Waals surface area contributed by atoms with Crippen LogP contribution >= 0.6 is 0 Å². The largest absolute Gasteiger partial charge is 0.440 e. The average molecular weight is 272 g/mol. The van der Waals surface area contributed by atoms with Gasteiger partial charge in [0.05, 0.1) is 0 Å². The first-order chi connectivity index (χ1) is 9.39. The van der Waals surface area contributed by atoms with Crippen molar-refractivity contribution in [1.29, 1.82) is 0 Å². The Morgan fingerprint density at radius 2 is 2.05 bits per heavy atom. The Hall–Kier alpha value is -1.35. The minimum absolute atomic E-state index is 0.119. The van der Waals surface area contributed by atoms with Gasteiger partial charge in [0.15, 0.2) is 11.5 Å². The predicted octanol–water partition coefficient (Wildman–Crippen LogP) is 4.00. The van der Waals surface area contributed by atoms with Crippen LogP contribution in [0.3, 0.4) is 0 Å². The van der Waals surface area contributed by atoms with E-state index in [4.69, 9.17) is 15.1 Å². The van der Waals surface area contributed by atoms with E-state index in [2.05, 4.69) is 39.8 Å². The Bertz CT molecular complexity index is 629. The van der Waals surface area contributed by atoms with Crippen molar-refractivity contribution in [2.24, 2.45) is 17.1 Å². The van der Waals surface area contributed by atoms with Gasteiger partial charge in [0.25, 0.3) is 0 Å². The maximum Gasteiger partial charge on any atom is 0.199 e. The molecule has 0 aliphatic heterocycles. The molecule has 0 radical (unpaired) electrons. The van der Waals surface area contributed by atoms with Crippen LogP contribution in [-0.2, 0) is 0 Å². The second-order valence-corrected chi connectivity index (χ2v) is 6.93. The van der Waals surface area contributed by atoms with Crippen LogP contribution in [0.25, 0.3) is 11.1 Å². The minimum Gasteiger partial charge on any atom is -0.440 e. The van der Waals surface area contributed by atoms with Gasteiger partial charge < -0.3 is 10.2 Å². The van der Waals surface area contributed by atoms with Gasteiger partial charge in [-0.25, -0.2) is 4.98 Å². The molecule has 2 N–H and O–H groups in total. The molecule has 20 heavy (non-hydrogen) atoms. The molecule has 0 bridgehead atoms. The normalized spacial score (nSPS) is 29.8. The molecule has 3 rings (SSSR count). The number of benzene rings is 1. The van der Waals surface area contributed by atoms with Gasteiger partial charge in [-0.05, 0) is 48.8 Å². The summed E-state index contributed by atoms with van der Waals surface area (Å²) in [7, 11) is 0. The van der Waals surface area contributed by atoms with E-state index in [0.717, 1.165) is 29.8 Å². The molecule has 1 aliphatic carbocycles. The van der Waals surface area contributed by atoms with Crippen molar-refractivity contribution >= 4 is 11.1 Å². The van der Waals surface area contributed by atoms with Crippen LogP contribution in [0, 0.1) is 18.3 Å². The van der Waals surface area contributed by atoms with E-state index in [1.54, 1.807) is 0 Å². The van der Waals surface area contributed by atoms with Crippen molar-refractivity contribution in [2.75, 3.05) is 0 Å². The third-order valence-electron chi connectivity index (χ3n) is 5.36. The van der Waals surface area contributed by atoms with E-state index in [1.165, 1.54) is 5.56 Å². The summed E-state index contributed by atoms with van der Waals surface area (Å²) >= 11 is 0. The monoisotopic (exact) mass is 272 g/mol. The Morgan fingerprint density at radius 1 is 1.30 bits per heavy atom. The van der Waals surface area contributed by atoms with Crippen LogP contribution in [0.2, 0.25) is 0 Å². The summed E-state index contributed by atoms with van der Waals surface area (Å²) in [5, 5.41) is 0. The molecule has 1 aromatic heterocycles. The van der Waals surface area contributed by atoms with Gasteiger partial charge in [-0.1, -0.05) is 26.8 Å². The second-order valence-electron chi connectivity index (χ2n) is 6.93. The Kier molecular flexibility index (Phi) is 3.13. The first kappa shape index (κ1) is 13.6. The summed E-state index contributed by atoms with van der Waals surface area (Å²) in [6, 6.07) is 6.48. The van der Waals surface area contributed by atoms with Crippen LogP contribution in [0.1, 0.15) is 51.0 Å². The highest BCUT2D eigenvalue weighted by atomic mass is 16.3. The first-order valence-corrected chi connectivity index (χ1v) is 7.52. The number of nitrogens with two attached hydrogens (primary N) is 1. The summed E-state index contributed by atoms with van der Waals surface area (Å²) in [6.45, 7) is 8.92. The Balaban J connectivity index is 2.01. The third-order valence-corrected chi connectivity index (χ3v) is 5.36. The topological polar surface area (TPSA) is 52.0 Å². The first-order valence-electron chi connectivity index (χ1n) is 7.52. The minimum atomic E-state index is 0.119. The third kappa shape index (κ3) is 2.05. The standard InChI is InChI=1S/C17H24N2O/c1-10-5-8-14-15(9-10)20-16(19-14)12-6-7-13(18)11(2)17(12,3)4/h5,8-9,11-13H,6-7,18H2,1-4H3. The predicted molar refractivity (Wildman–Crippen MR) is 81.6 cm³/mol. The summed E-state index contributed by atoms with van der Waals surface area (Å²) in [4.78, 5) is 4.73.